The highest BCUT2D eigenvalue weighted by Gasteiger charge is 2.11. The molecule has 1 aromatic carbocycles. The van der Waals surface area contributed by atoms with Crippen molar-refractivity contribution >= 4 is 5.97 Å². The minimum atomic E-state index is -0.533. The molecule has 0 bridgehead atoms. The van der Waals surface area contributed by atoms with Crippen LogP contribution in [0.2, 0.25) is 0 Å². The predicted molar refractivity (Wildman–Crippen MR) is 67.6 cm³/mol. The first-order chi connectivity index (χ1) is 9.22. The zero-order chi connectivity index (χ0) is 13.7. The van der Waals surface area contributed by atoms with E-state index in [1.54, 1.807) is 11.8 Å². The summed E-state index contributed by atoms with van der Waals surface area (Å²) in [6.45, 7) is 1.15. The van der Waals surface area contributed by atoms with E-state index in [0.29, 0.717) is 13.2 Å². The zero-order valence-electron chi connectivity index (χ0n) is 10.9. The Morgan fingerprint density at radius 1 is 1.21 bits per heavy atom. The largest absolute Gasteiger partial charge is 0.463 e. The molecule has 0 saturated carbocycles. The van der Waals surface area contributed by atoms with Gasteiger partial charge in [-0.15, -0.1) is 5.10 Å². The third kappa shape index (κ3) is 3.38. The summed E-state index contributed by atoms with van der Waals surface area (Å²) >= 11 is 0. The van der Waals surface area contributed by atoms with Crippen molar-refractivity contribution in [3.63, 3.8) is 0 Å². The van der Waals surface area contributed by atoms with Crippen LogP contribution >= 0.6 is 0 Å². The lowest BCUT2D eigenvalue weighted by Crippen LogP contribution is -2.06. The molecule has 0 N–H and O–H groups in total. The Kier molecular flexibility index (Phi) is 4.25. The molecule has 0 radical (unpaired) electrons. The second-order valence-electron chi connectivity index (χ2n) is 4.01. The molecule has 0 amide bonds. The number of hydrogen-bond donors (Lipinski definition) is 0. The molecule has 0 atom stereocenters. The minimum absolute atomic E-state index is 0.0681. The Morgan fingerprint density at radius 2 is 1.89 bits per heavy atom. The summed E-state index contributed by atoms with van der Waals surface area (Å²) in [5.74, 6) is -0.465. The number of benzene rings is 1. The summed E-state index contributed by atoms with van der Waals surface area (Å²) in [6.07, 6.45) is 1.51. The molecule has 0 spiro atoms. The highest BCUT2D eigenvalue weighted by Crippen LogP contribution is 2.07. The average molecular weight is 261 g/mol. The minimum Gasteiger partial charge on any atom is -0.463 e. The van der Waals surface area contributed by atoms with Gasteiger partial charge in [0.15, 0.2) is 0 Å². The first-order valence-electron chi connectivity index (χ1n) is 5.77. The maximum atomic E-state index is 11.2. The first kappa shape index (κ1) is 13.2. The molecular formula is C13H15N3O3. The molecule has 0 fully saturated rings. The van der Waals surface area contributed by atoms with Gasteiger partial charge in [-0.05, 0) is 11.1 Å². The molecule has 0 unspecified atom stereocenters. The van der Waals surface area contributed by atoms with Crippen molar-refractivity contribution in [1.29, 1.82) is 0 Å². The molecular weight excluding hydrogens is 246 g/mol. The fourth-order valence-corrected chi connectivity index (χ4v) is 1.65. The van der Waals surface area contributed by atoms with Gasteiger partial charge in [0.05, 0.1) is 20.3 Å². The average Bonchev–Trinajstić information content (AvgIpc) is 2.89. The quantitative estimate of drug-likeness (QED) is 0.758. The Morgan fingerprint density at radius 3 is 2.53 bits per heavy atom. The molecule has 0 aliphatic rings. The van der Waals surface area contributed by atoms with Crippen molar-refractivity contribution in [3.05, 3.63) is 47.5 Å². The Labute approximate surface area is 111 Å². The molecule has 2 rings (SSSR count). The van der Waals surface area contributed by atoms with E-state index in [0.717, 1.165) is 11.1 Å². The summed E-state index contributed by atoms with van der Waals surface area (Å²) in [4.78, 5) is 15.1. The smallest absolute Gasteiger partial charge is 0.377 e. The lowest BCUT2D eigenvalue weighted by molar-refractivity contribution is 0.0586. The monoisotopic (exact) mass is 261 g/mol. The molecule has 0 saturated heterocycles. The van der Waals surface area contributed by atoms with Crippen LogP contribution in [-0.2, 0) is 22.6 Å². The van der Waals surface area contributed by atoms with Crippen LogP contribution in [0, 0.1) is 0 Å². The summed E-state index contributed by atoms with van der Waals surface area (Å²) in [7, 11) is 2.97. The zero-order valence-corrected chi connectivity index (χ0v) is 10.9. The molecule has 19 heavy (non-hydrogen) atoms. The normalized spacial score (nSPS) is 10.4. The van der Waals surface area contributed by atoms with Crippen molar-refractivity contribution in [2.24, 2.45) is 0 Å². The van der Waals surface area contributed by atoms with E-state index in [-0.39, 0.29) is 5.82 Å². The van der Waals surface area contributed by atoms with Crippen molar-refractivity contribution in [1.82, 2.24) is 14.8 Å². The van der Waals surface area contributed by atoms with Gasteiger partial charge in [-0.3, -0.25) is 0 Å². The Balaban J connectivity index is 2.04. The fourth-order valence-electron chi connectivity index (χ4n) is 1.65. The van der Waals surface area contributed by atoms with Crippen molar-refractivity contribution in [3.8, 4) is 0 Å². The number of ether oxygens (including phenoxy) is 2. The first-order valence-corrected chi connectivity index (χ1v) is 5.77. The molecule has 6 heteroatoms. The third-order valence-electron chi connectivity index (χ3n) is 2.58. The van der Waals surface area contributed by atoms with Gasteiger partial charge in [0, 0.05) is 7.11 Å². The van der Waals surface area contributed by atoms with Crippen LogP contribution in [-0.4, -0.2) is 35.0 Å². The van der Waals surface area contributed by atoms with Gasteiger partial charge >= 0.3 is 5.97 Å². The predicted octanol–water partition coefficient (Wildman–Crippen LogP) is 1.26. The molecule has 0 aliphatic carbocycles. The fraction of sp³-hybridized carbons (Fsp3) is 0.308. The third-order valence-corrected chi connectivity index (χ3v) is 2.58. The van der Waals surface area contributed by atoms with Gasteiger partial charge in [-0.1, -0.05) is 24.3 Å². The Hall–Kier alpha value is -2.21. The SMILES string of the molecule is COCc1ccc(Cn2cnc(C(=O)OC)n2)cc1. The van der Waals surface area contributed by atoms with Crippen LogP contribution in [0.25, 0.3) is 0 Å². The highest BCUT2D eigenvalue weighted by molar-refractivity contribution is 5.84. The van der Waals surface area contributed by atoms with Gasteiger partial charge in [0.25, 0.3) is 5.82 Å². The number of methoxy groups -OCH3 is 2. The van der Waals surface area contributed by atoms with Crippen molar-refractivity contribution in [2.45, 2.75) is 13.2 Å². The van der Waals surface area contributed by atoms with Crippen LogP contribution in [0.1, 0.15) is 21.7 Å². The van der Waals surface area contributed by atoms with E-state index in [1.807, 2.05) is 24.3 Å². The van der Waals surface area contributed by atoms with Crippen molar-refractivity contribution < 1.29 is 14.3 Å². The van der Waals surface area contributed by atoms with E-state index >= 15 is 0 Å². The number of carbonyl (C=O) groups excluding carboxylic acids is 1. The van der Waals surface area contributed by atoms with Crippen LogP contribution in [0.4, 0.5) is 0 Å². The second kappa shape index (κ2) is 6.10. The number of hydrogen-bond acceptors (Lipinski definition) is 5. The lowest BCUT2D eigenvalue weighted by Gasteiger charge is -2.03. The van der Waals surface area contributed by atoms with Crippen LogP contribution in [0.5, 0.6) is 0 Å². The summed E-state index contributed by atoms with van der Waals surface area (Å²) in [5, 5.41) is 4.04. The van der Waals surface area contributed by atoms with E-state index in [2.05, 4.69) is 14.8 Å². The van der Waals surface area contributed by atoms with Gasteiger partial charge in [0.2, 0.25) is 0 Å². The van der Waals surface area contributed by atoms with Crippen LogP contribution < -0.4 is 0 Å². The number of rotatable bonds is 5. The molecule has 6 nitrogen and oxygen atoms in total. The summed E-state index contributed by atoms with van der Waals surface area (Å²) < 4.78 is 11.2. The van der Waals surface area contributed by atoms with E-state index in [9.17, 15) is 4.79 Å². The lowest BCUT2D eigenvalue weighted by atomic mass is 10.1. The highest BCUT2D eigenvalue weighted by atomic mass is 16.5. The Bertz CT molecular complexity index is 549. The number of esters is 1. The van der Waals surface area contributed by atoms with E-state index in [1.165, 1.54) is 13.4 Å². The van der Waals surface area contributed by atoms with Gasteiger partial charge in [-0.25, -0.2) is 14.5 Å². The maximum absolute atomic E-state index is 11.2. The van der Waals surface area contributed by atoms with E-state index in [4.69, 9.17) is 4.74 Å². The molecule has 100 valence electrons. The molecule has 1 heterocycles. The maximum Gasteiger partial charge on any atom is 0.377 e. The van der Waals surface area contributed by atoms with Crippen LogP contribution in [0.3, 0.4) is 0 Å². The standard InChI is InChI=1S/C13H15N3O3/c1-18-8-11-5-3-10(4-6-11)7-16-9-14-12(15-16)13(17)19-2/h3-6,9H,7-8H2,1-2H3. The molecule has 0 aliphatic heterocycles. The number of aromatic nitrogens is 3. The van der Waals surface area contributed by atoms with Gasteiger partial charge in [0.1, 0.15) is 6.33 Å². The van der Waals surface area contributed by atoms with Gasteiger partial charge in [-0.2, -0.15) is 0 Å². The number of carbonyl (C=O) groups is 1. The summed E-state index contributed by atoms with van der Waals surface area (Å²) in [5.41, 5.74) is 2.18. The molecule has 1 aromatic heterocycles. The van der Waals surface area contributed by atoms with Crippen molar-refractivity contribution in [2.75, 3.05) is 14.2 Å². The van der Waals surface area contributed by atoms with E-state index < -0.39 is 5.97 Å². The molecule has 2 aromatic rings. The second-order valence-corrected chi connectivity index (χ2v) is 4.01. The van der Waals surface area contributed by atoms with Gasteiger partial charge < -0.3 is 9.47 Å². The summed E-state index contributed by atoms with van der Waals surface area (Å²) in [6, 6.07) is 7.98. The number of nitrogens with zero attached hydrogens (tertiary/aromatic N) is 3. The topological polar surface area (TPSA) is 66.2 Å². The van der Waals surface area contributed by atoms with Crippen LogP contribution in [0.15, 0.2) is 30.6 Å².